The summed E-state index contributed by atoms with van der Waals surface area (Å²) >= 11 is 0. The summed E-state index contributed by atoms with van der Waals surface area (Å²) in [5.74, 6) is 1.31. The predicted octanol–water partition coefficient (Wildman–Crippen LogP) is 2.71. The van der Waals surface area contributed by atoms with Crippen molar-refractivity contribution in [1.82, 2.24) is 15.5 Å². The molecule has 1 heterocycles. The highest BCUT2D eigenvalue weighted by atomic mass is 16.5. The summed E-state index contributed by atoms with van der Waals surface area (Å²) < 4.78 is 5.76. The number of carbonyl (C=O) groups excluding carboxylic acids is 1. The molecule has 3 rings (SSSR count). The van der Waals surface area contributed by atoms with Gasteiger partial charge in [-0.3, -0.25) is 9.89 Å². The highest BCUT2D eigenvalue weighted by Crippen LogP contribution is 2.38. The molecule has 5 nitrogen and oxygen atoms in total. The maximum absolute atomic E-state index is 12.0. The summed E-state index contributed by atoms with van der Waals surface area (Å²) in [5.41, 5.74) is 3.73. The van der Waals surface area contributed by atoms with E-state index >= 15 is 0 Å². The van der Waals surface area contributed by atoms with Crippen LogP contribution in [0.25, 0.3) is 0 Å². The number of nitrogens with one attached hydrogen (secondary N) is 2. The number of ether oxygens (including phenoxy) is 1. The maximum Gasteiger partial charge on any atom is 0.271 e. The lowest BCUT2D eigenvalue weighted by Gasteiger charge is -2.12. The van der Waals surface area contributed by atoms with Crippen LogP contribution in [0.15, 0.2) is 24.3 Å². The Kier molecular flexibility index (Phi) is 4.13. The molecule has 1 amide bonds. The van der Waals surface area contributed by atoms with E-state index in [1.54, 1.807) is 0 Å². The van der Waals surface area contributed by atoms with Crippen molar-refractivity contribution in [3.8, 4) is 5.75 Å². The third-order valence-electron chi connectivity index (χ3n) is 3.89. The fraction of sp³-hybridized carbons (Fsp3) is 0.412. The van der Waals surface area contributed by atoms with Crippen LogP contribution in [0, 0.1) is 13.8 Å². The maximum atomic E-state index is 12.0. The van der Waals surface area contributed by atoms with Gasteiger partial charge in [-0.05, 0) is 43.9 Å². The highest BCUT2D eigenvalue weighted by Gasteiger charge is 2.26. The number of nitrogens with zero attached hydrogens (tertiary/aromatic N) is 1. The smallest absolute Gasteiger partial charge is 0.271 e. The molecule has 1 aromatic carbocycles. The van der Waals surface area contributed by atoms with E-state index in [0.717, 1.165) is 22.6 Å². The van der Waals surface area contributed by atoms with E-state index in [2.05, 4.69) is 15.5 Å². The Bertz CT molecular complexity index is 654. The molecule has 0 saturated heterocycles. The van der Waals surface area contributed by atoms with E-state index in [1.807, 2.05) is 38.1 Å². The van der Waals surface area contributed by atoms with Crippen LogP contribution in [0.1, 0.15) is 46.1 Å². The molecule has 2 aromatic rings. The molecule has 0 spiro atoms. The Labute approximate surface area is 130 Å². The fourth-order valence-electron chi connectivity index (χ4n) is 2.49. The first-order valence-electron chi connectivity index (χ1n) is 7.67. The van der Waals surface area contributed by atoms with E-state index in [9.17, 15) is 4.79 Å². The number of aryl methyl sites for hydroxylation is 2. The van der Waals surface area contributed by atoms with Gasteiger partial charge in [0.05, 0.1) is 6.54 Å². The summed E-state index contributed by atoms with van der Waals surface area (Å²) in [6.45, 7) is 4.93. The molecule has 0 atom stereocenters. The Morgan fingerprint density at radius 3 is 2.77 bits per heavy atom. The van der Waals surface area contributed by atoms with Crippen LogP contribution < -0.4 is 10.1 Å². The second kappa shape index (κ2) is 6.22. The van der Waals surface area contributed by atoms with Gasteiger partial charge in [0.25, 0.3) is 5.91 Å². The summed E-state index contributed by atoms with van der Waals surface area (Å²) in [7, 11) is 0. The molecule has 0 radical (unpaired) electrons. The van der Waals surface area contributed by atoms with Crippen LogP contribution in [0.3, 0.4) is 0 Å². The van der Waals surface area contributed by atoms with Crippen LogP contribution in [0.5, 0.6) is 5.75 Å². The molecule has 1 aromatic heterocycles. The van der Waals surface area contributed by atoms with Crippen molar-refractivity contribution in [1.29, 1.82) is 0 Å². The van der Waals surface area contributed by atoms with Crippen molar-refractivity contribution in [3.63, 3.8) is 0 Å². The summed E-state index contributed by atoms with van der Waals surface area (Å²) in [6, 6.07) is 7.89. The quantitative estimate of drug-likeness (QED) is 0.806. The Morgan fingerprint density at radius 2 is 2.09 bits per heavy atom. The monoisotopic (exact) mass is 299 g/mol. The Balaban J connectivity index is 1.47. The highest BCUT2D eigenvalue weighted by molar-refractivity contribution is 5.92. The lowest BCUT2D eigenvalue weighted by atomic mass is 10.1. The Hall–Kier alpha value is -2.30. The Morgan fingerprint density at radius 1 is 1.36 bits per heavy atom. The average molecular weight is 299 g/mol. The third-order valence-corrected chi connectivity index (χ3v) is 3.89. The standard InChI is InChI=1S/C17H21N3O2/c1-11-4-3-5-12(2)16(11)22-9-8-18-17(21)15-10-14(19-20-15)13-6-7-13/h3-5,10,13H,6-9H2,1-2H3,(H,18,21)(H,19,20). The van der Waals surface area contributed by atoms with E-state index in [-0.39, 0.29) is 5.91 Å². The van der Waals surface area contributed by atoms with Gasteiger partial charge in [0.2, 0.25) is 0 Å². The first kappa shape index (κ1) is 14.6. The second-order valence-electron chi connectivity index (χ2n) is 5.81. The van der Waals surface area contributed by atoms with Crippen molar-refractivity contribution in [2.45, 2.75) is 32.6 Å². The molecule has 0 unspecified atom stereocenters. The minimum atomic E-state index is -0.159. The molecular formula is C17H21N3O2. The third kappa shape index (κ3) is 3.30. The first-order chi connectivity index (χ1) is 10.6. The topological polar surface area (TPSA) is 67.0 Å². The molecule has 0 aliphatic heterocycles. The van der Waals surface area contributed by atoms with E-state index in [4.69, 9.17) is 4.74 Å². The fourth-order valence-corrected chi connectivity index (χ4v) is 2.49. The molecule has 1 aliphatic rings. The molecule has 116 valence electrons. The molecule has 1 saturated carbocycles. The zero-order valence-electron chi connectivity index (χ0n) is 13.0. The lowest BCUT2D eigenvalue weighted by Crippen LogP contribution is -2.28. The van der Waals surface area contributed by atoms with Crippen LogP contribution >= 0.6 is 0 Å². The number of benzene rings is 1. The molecule has 1 fully saturated rings. The second-order valence-corrected chi connectivity index (χ2v) is 5.81. The average Bonchev–Trinajstić information content (AvgIpc) is 3.23. The number of amides is 1. The van der Waals surface area contributed by atoms with Gasteiger partial charge >= 0.3 is 0 Å². The number of H-pyrrole nitrogens is 1. The first-order valence-corrected chi connectivity index (χ1v) is 7.67. The normalized spacial score (nSPS) is 13.9. The van der Waals surface area contributed by atoms with Gasteiger partial charge in [-0.1, -0.05) is 18.2 Å². The number of para-hydroxylation sites is 1. The van der Waals surface area contributed by atoms with Crippen molar-refractivity contribution < 1.29 is 9.53 Å². The lowest BCUT2D eigenvalue weighted by molar-refractivity contribution is 0.0942. The number of hydrogen-bond donors (Lipinski definition) is 2. The van der Waals surface area contributed by atoms with Crippen molar-refractivity contribution >= 4 is 5.91 Å². The molecular weight excluding hydrogens is 278 g/mol. The number of rotatable bonds is 6. The van der Waals surface area contributed by atoms with Gasteiger partial charge in [-0.2, -0.15) is 5.10 Å². The van der Waals surface area contributed by atoms with E-state index in [0.29, 0.717) is 24.8 Å². The molecule has 0 bridgehead atoms. The van der Waals surface area contributed by atoms with E-state index < -0.39 is 0 Å². The van der Waals surface area contributed by atoms with Gasteiger partial charge in [-0.15, -0.1) is 0 Å². The number of hydrogen-bond acceptors (Lipinski definition) is 3. The zero-order valence-corrected chi connectivity index (χ0v) is 13.0. The van der Waals surface area contributed by atoms with Gasteiger partial charge in [0.1, 0.15) is 18.1 Å². The molecule has 5 heteroatoms. The SMILES string of the molecule is Cc1cccc(C)c1OCCNC(=O)c1cc(C2CC2)[nH]n1. The van der Waals surface area contributed by atoms with Crippen molar-refractivity contribution in [2.75, 3.05) is 13.2 Å². The number of carbonyl (C=O) groups is 1. The predicted molar refractivity (Wildman–Crippen MR) is 84.3 cm³/mol. The largest absolute Gasteiger partial charge is 0.491 e. The van der Waals surface area contributed by atoms with Crippen LogP contribution in [0.4, 0.5) is 0 Å². The number of aromatic nitrogens is 2. The summed E-state index contributed by atoms with van der Waals surface area (Å²) in [4.78, 5) is 12.0. The van der Waals surface area contributed by atoms with Crippen LogP contribution in [-0.4, -0.2) is 29.3 Å². The van der Waals surface area contributed by atoms with Gasteiger partial charge in [0, 0.05) is 11.6 Å². The molecule has 22 heavy (non-hydrogen) atoms. The molecule has 1 aliphatic carbocycles. The minimum Gasteiger partial charge on any atom is -0.491 e. The van der Waals surface area contributed by atoms with Gasteiger partial charge in [-0.25, -0.2) is 0 Å². The van der Waals surface area contributed by atoms with Gasteiger partial charge in [0.15, 0.2) is 0 Å². The zero-order chi connectivity index (χ0) is 15.5. The van der Waals surface area contributed by atoms with Crippen LogP contribution in [0.2, 0.25) is 0 Å². The van der Waals surface area contributed by atoms with Gasteiger partial charge < -0.3 is 10.1 Å². The minimum absolute atomic E-state index is 0.159. The molecule has 2 N–H and O–H groups in total. The summed E-state index contributed by atoms with van der Waals surface area (Å²) in [5, 5.41) is 9.84. The number of aromatic amines is 1. The summed E-state index contributed by atoms with van der Waals surface area (Å²) in [6.07, 6.45) is 2.37. The van der Waals surface area contributed by atoms with E-state index in [1.165, 1.54) is 12.8 Å². The van der Waals surface area contributed by atoms with Crippen molar-refractivity contribution in [2.24, 2.45) is 0 Å². The van der Waals surface area contributed by atoms with Crippen LogP contribution in [-0.2, 0) is 0 Å². The van der Waals surface area contributed by atoms with Crippen molar-refractivity contribution in [3.05, 3.63) is 46.8 Å².